The summed E-state index contributed by atoms with van der Waals surface area (Å²) in [5.41, 5.74) is 2.82. The minimum Gasteiger partial charge on any atom is -0.491 e. The van der Waals surface area contributed by atoms with Gasteiger partial charge in [-0.3, -0.25) is 4.68 Å². The number of amides is 1. The summed E-state index contributed by atoms with van der Waals surface area (Å²) < 4.78 is 13.4. The molecule has 1 aliphatic carbocycles. The molecule has 1 aliphatic rings. The molecule has 1 fully saturated rings. The Balaban J connectivity index is 1.68. The zero-order valence-electron chi connectivity index (χ0n) is 21.3. The molecule has 0 N–H and O–H groups in total. The molecule has 7 heteroatoms. The van der Waals surface area contributed by atoms with Crippen molar-refractivity contribution < 1.29 is 14.3 Å². The van der Waals surface area contributed by atoms with Crippen LogP contribution in [-0.2, 0) is 11.3 Å². The molecule has 0 aliphatic heterocycles. The average molecular weight is 457 g/mol. The second-order valence-electron chi connectivity index (χ2n) is 10.4. The smallest absolute Gasteiger partial charge is 0.410 e. The predicted octanol–water partition coefficient (Wildman–Crippen LogP) is 5.36. The largest absolute Gasteiger partial charge is 0.491 e. The Kier molecular flexibility index (Phi) is 8.05. The monoisotopic (exact) mass is 456 g/mol. The average Bonchev–Trinajstić information content (AvgIpc) is 3.06. The summed E-state index contributed by atoms with van der Waals surface area (Å²) in [6.45, 7) is 11.8. The van der Waals surface area contributed by atoms with Crippen LogP contribution in [0.4, 0.5) is 4.79 Å². The van der Waals surface area contributed by atoms with E-state index in [0.717, 1.165) is 30.1 Å². The number of carbonyl (C=O) groups excluding carboxylic acids is 1. The summed E-state index contributed by atoms with van der Waals surface area (Å²) in [5.74, 6) is 0.871. The number of benzene rings is 1. The Bertz CT molecular complexity index is 911. The lowest BCUT2D eigenvalue weighted by atomic mass is 9.93. The third-order valence-electron chi connectivity index (χ3n) is 5.72. The van der Waals surface area contributed by atoms with E-state index in [1.807, 2.05) is 46.8 Å². The molecule has 1 saturated carbocycles. The normalized spacial score (nSPS) is 14.5. The van der Waals surface area contributed by atoms with Gasteiger partial charge >= 0.3 is 6.09 Å². The molecule has 3 rings (SSSR count). The van der Waals surface area contributed by atoms with Crippen LogP contribution < -0.4 is 4.74 Å². The molecule has 0 unspecified atom stereocenters. The van der Waals surface area contributed by atoms with E-state index in [4.69, 9.17) is 14.6 Å². The third kappa shape index (κ3) is 7.22. The van der Waals surface area contributed by atoms with Gasteiger partial charge in [0.2, 0.25) is 0 Å². The van der Waals surface area contributed by atoms with Crippen LogP contribution in [0.2, 0.25) is 0 Å². The summed E-state index contributed by atoms with van der Waals surface area (Å²) >= 11 is 0. The van der Waals surface area contributed by atoms with Gasteiger partial charge in [0.15, 0.2) is 0 Å². The topological polar surface area (TPSA) is 59.8 Å². The number of hydrogen-bond acceptors (Lipinski definition) is 5. The summed E-state index contributed by atoms with van der Waals surface area (Å²) in [5, 5.41) is 4.97. The first-order chi connectivity index (χ1) is 15.5. The number of carbonyl (C=O) groups is 1. The second kappa shape index (κ2) is 10.6. The molecule has 182 valence electrons. The van der Waals surface area contributed by atoms with Crippen molar-refractivity contribution >= 4 is 6.09 Å². The van der Waals surface area contributed by atoms with E-state index in [2.05, 4.69) is 35.0 Å². The first kappa shape index (κ1) is 25.1. The number of hydrogen-bond donors (Lipinski definition) is 0. The first-order valence-corrected chi connectivity index (χ1v) is 12.0. The number of ether oxygens (including phenoxy) is 2. The minimum absolute atomic E-state index is 0.150. The summed E-state index contributed by atoms with van der Waals surface area (Å²) in [4.78, 5) is 16.1. The molecule has 1 aromatic heterocycles. The second-order valence-corrected chi connectivity index (χ2v) is 10.4. The van der Waals surface area contributed by atoms with Gasteiger partial charge in [-0.05, 0) is 85.2 Å². The van der Waals surface area contributed by atoms with E-state index in [9.17, 15) is 4.79 Å². The van der Waals surface area contributed by atoms with E-state index >= 15 is 0 Å². The highest BCUT2D eigenvalue weighted by molar-refractivity contribution is 5.67. The third-order valence-corrected chi connectivity index (χ3v) is 5.72. The van der Waals surface area contributed by atoms with Crippen LogP contribution in [0.5, 0.6) is 5.75 Å². The molecular formula is C26H40N4O3. The van der Waals surface area contributed by atoms with Crippen molar-refractivity contribution in [1.82, 2.24) is 19.6 Å². The Morgan fingerprint density at radius 2 is 1.82 bits per heavy atom. The van der Waals surface area contributed by atoms with Crippen molar-refractivity contribution in [3.8, 4) is 17.0 Å². The van der Waals surface area contributed by atoms with Gasteiger partial charge in [-0.25, -0.2) is 4.79 Å². The van der Waals surface area contributed by atoms with E-state index in [-0.39, 0.29) is 12.2 Å². The molecule has 0 spiro atoms. The number of rotatable bonds is 9. The zero-order valence-corrected chi connectivity index (χ0v) is 21.3. The highest BCUT2D eigenvalue weighted by Crippen LogP contribution is 2.34. The molecule has 0 bridgehead atoms. The van der Waals surface area contributed by atoms with E-state index in [0.29, 0.717) is 12.6 Å². The predicted molar refractivity (Wildman–Crippen MR) is 132 cm³/mol. The van der Waals surface area contributed by atoms with E-state index < -0.39 is 5.60 Å². The van der Waals surface area contributed by atoms with Crippen molar-refractivity contribution in [2.24, 2.45) is 0 Å². The molecule has 0 radical (unpaired) electrons. The van der Waals surface area contributed by atoms with E-state index in [1.165, 1.54) is 24.8 Å². The Hall–Kier alpha value is -2.54. The molecule has 2 aromatic rings. The van der Waals surface area contributed by atoms with Gasteiger partial charge in [-0.1, -0.05) is 0 Å². The molecule has 1 amide bonds. The van der Waals surface area contributed by atoms with Crippen molar-refractivity contribution in [2.45, 2.75) is 78.2 Å². The summed E-state index contributed by atoms with van der Waals surface area (Å²) in [7, 11) is 3.86. The van der Waals surface area contributed by atoms with Gasteiger partial charge in [0, 0.05) is 44.0 Å². The SMILES string of the molecule is CC(C)Oc1ccc(-c2nn(C3CCC3)cc2CN(C)CCN(C)C(=O)OC(C)(C)C)cc1. The maximum atomic E-state index is 12.2. The van der Waals surface area contributed by atoms with Crippen molar-refractivity contribution in [1.29, 1.82) is 0 Å². The summed E-state index contributed by atoms with van der Waals surface area (Å²) in [6, 6.07) is 8.71. The fraction of sp³-hybridized carbons (Fsp3) is 0.615. The molecular weight excluding hydrogens is 416 g/mol. The highest BCUT2D eigenvalue weighted by atomic mass is 16.6. The van der Waals surface area contributed by atoms with Crippen molar-refractivity contribution in [3.05, 3.63) is 36.0 Å². The number of nitrogens with zero attached hydrogens (tertiary/aromatic N) is 4. The molecule has 33 heavy (non-hydrogen) atoms. The standard InChI is InChI=1S/C26H40N4O3/c1-19(2)32-23-13-11-20(12-14-23)24-21(18-30(27-24)22-9-8-10-22)17-28(6)15-16-29(7)25(31)33-26(3,4)5/h11-14,18-19,22H,8-10,15-17H2,1-7H3. The fourth-order valence-electron chi connectivity index (χ4n) is 3.71. The van der Waals surface area contributed by atoms with E-state index in [1.54, 1.807) is 11.9 Å². The van der Waals surface area contributed by atoms with Crippen LogP contribution in [0.1, 0.15) is 65.5 Å². The highest BCUT2D eigenvalue weighted by Gasteiger charge is 2.24. The molecule has 1 heterocycles. The van der Waals surface area contributed by atoms with Crippen LogP contribution in [0.15, 0.2) is 30.5 Å². The van der Waals surface area contributed by atoms with Crippen LogP contribution >= 0.6 is 0 Å². The summed E-state index contributed by atoms with van der Waals surface area (Å²) in [6.07, 6.45) is 5.71. The number of likely N-dealkylation sites (N-methyl/N-ethyl adjacent to an activating group) is 2. The van der Waals surface area contributed by atoms with Crippen molar-refractivity contribution in [2.75, 3.05) is 27.2 Å². The van der Waals surface area contributed by atoms with Crippen LogP contribution in [-0.4, -0.2) is 64.6 Å². The Morgan fingerprint density at radius 3 is 2.36 bits per heavy atom. The molecule has 7 nitrogen and oxygen atoms in total. The van der Waals surface area contributed by atoms with Gasteiger partial charge in [-0.2, -0.15) is 5.10 Å². The first-order valence-electron chi connectivity index (χ1n) is 12.0. The molecule has 1 aromatic carbocycles. The van der Waals surface area contributed by atoms with Crippen LogP contribution in [0.25, 0.3) is 11.3 Å². The number of aromatic nitrogens is 2. The Morgan fingerprint density at radius 1 is 1.15 bits per heavy atom. The van der Waals surface area contributed by atoms with Crippen molar-refractivity contribution in [3.63, 3.8) is 0 Å². The van der Waals surface area contributed by atoms with Crippen LogP contribution in [0, 0.1) is 0 Å². The fourth-order valence-corrected chi connectivity index (χ4v) is 3.71. The lowest BCUT2D eigenvalue weighted by Crippen LogP contribution is -2.38. The lowest BCUT2D eigenvalue weighted by molar-refractivity contribution is 0.0286. The molecule has 0 atom stereocenters. The quantitative estimate of drug-likeness (QED) is 0.508. The van der Waals surface area contributed by atoms with Crippen LogP contribution in [0.3, 0.4) is 0 Å². The van der Waals surface area contributed by atoms with Gasteiger partial charge in [0.25, 0.3) is 0 Å². The molecule has 0 saturated heterocycles. The van der Waals surface area contributed by atoms with Gasteiger partial charge in [-0.15, -0.1) is 0 Å². The van der Waals surface area contributed by atoms with Gasteiger partial charge in [0.1, 0.15) is 11.4 Å². The Labute approximate surface area is 198 Å². The minimum atomic E-state index is -0.488. The maximum absolute atomic E-state index is 12.2. The van der Waals surface area contributed by atoms with Gasteiger partial charge < -0.3 is 19.3 Å². The lowest BCUT2D eigenvalue weighted by Gasteiger charge is -2.26. The maximum Gasteiger partial charge on any atom is 0.410 e. The van der Waals surface area contributed by atoms with Gasteiger partial charge in [0.05, 0.1) is 17.8 Å². The zero-order chi connectivity index (χ0) is 24.2.